The first-order valence-electron chi connectivity index (χ1n) is 9.03. The maximum Gasteiger partial charge on any atom is 0.573 e. The quantitative estimate of drug-likeness (QED) is 0.639. The van der Waals surface area contributed by atoms with Gasteiger partial charge in [-0.3, -0.25) is 0 Å². The van der Waals surface area contributed by atoms with Crippen molar-refractivity contribution in [3.63, 3.8) is 0 Å². The lowest BCUT2D eigenvalue weighted by Gasteiger charge is -2.30. The van der Waals surface area contributed by atoms with Gasteiger partial charge in [0.15, 0.2) is 0 Å². The number of anilines is 1. The van der Waals surface area contributed by atoms with Gasteiger partial charge in [-0.1, -0.05) is 17.3 Å². The Hall–Kier alpha value is -3.07. The molecule has 0 atom stereocenters. The summed E-state index contributed by atoms with van der Waals surface area (Å²) in [5.74, 6) is -0.139. The number of halogens is 3. The van der Waals surface area contributed by atoms with E-state index in [1.165, 1.54) is 18.2 Å². The lowest BCUT2D eigenvalue weighted by atomic mass is 10.1. The minimum absolute atomic E-state index is 0.0229. The summed E-state index contributed by atoms with van der Waals surface area (Å²) >= 11 is 0. The van der Waals surface area contributed by atoms with E-state index in [1.807, 2.05) is 25.1 Å². The average Bonchev–Trinajstić information content (AvgIpc) is 3.18. The van der Waals surface area contributed by atoms with Gasteiger partial charge in [-0.25, -0.2) is 0 Å². The van der Waals surface area contributed by atoms with Gasteiger partial charge in [0.25, 0.3) is 5.89 Å². The standard InChI is InChI=1S/C20H18F3N3O3/c1-13-12-14(6-7-16(13)26-8-10-27-11-9-26)19-24-18(25-29-19)15-4-2-3-5-17(15)28-20(21,22)23/h2-7,12H,8-11H2,1H3. The van der Waals surface area contributed by atoms with Crippen molar-refractivity contribution in [3.05, 3.63) is 48.0 Å². The fourth-order valence-electron chi connectivity index (χ4n) is 3.26. The molecule has 9 heteroatoms. The first kappa shape index (κ1) is 19.3. The molecule has 4 rings (SSSR count). The molecule has 0 amide bonds. The topological polar surface area (TPSA) is 60.6 Å². The van der Waals surface area contributed by atoms with Crippen molar-refractivity contribution >= 4 is 5.69 Å². The van der Waals surface area contributed by atoms with E-state index in [2.05, 4.69) is 19.8 Å². The smallest absolute Gasteiger partial charge is 0.405 e. The van der Waals surface area contributed by atoms with Crippen LogP contribution in [-0.4, -0.2) is 42.8 Å². The van der Waals surface area contributed by atoms with Crippen molar-refractivity contribution in [2.45, 2.75) is 13.3 Å². The molecule has 1 aliphatic rings. The van der Waals surface area contributed by atoms with E-state index in [-0.39, 0.29) is 23.0 Å². The first-order valence-corrected chi connectivity index (χ1v) is 9.03. The number of para-hydroxylation sites is 1. The number of aromatic nitrogens is 2. The minimum atomic E-state index is -4.81. The van der Waals surface area contributed by atoms with E-state index in [0.717, 1.165) is 24.3 Å². The molecular weight excluding hydrogens is 387 g/mol. The van der Waals surface area contributed by atoms with Gasteiger partial charge in [0.2, 0.25) is 5.82 Å². The maximum absolute atomic E-state index is 12.6. The Kier molecular flexibility index (Phi) is 5.14. The predicted octanol–water partition coefficient (Wildman–Crippen LogP) is 4.45. The number of rotatable bonds is 4. The van der Waals surface area contributed by atoms with Gasteiger partial charge in [-0.05, 0) is 42.8 Å². The average molecular weight is 405 g/mol. The van der Waals surface area contributed by atoms with Gasteiger partial charge >= 0.3 is 6.36 Å². The Morgan fingerprint density at radius 3 is 2.55 bits per heavy atom. The first-order chi connectivity index (χ1) is 13.9. The molecule has 0 unspecified atom stereocenters. The van der Waals surface area contributed by atoms with Gasteiger partial charge < -0.3 is 18.9 Å². The lowest BCUT2D eigenvalue weighted by Crippen LogP contribution is -2.36. The molecule has 1 aromatic heterocycles. The number of hydrogen-bond donors (Lipinski definition) is 0. The predicted molar refractivity (Wildman–Crippen MR) is 99.6 cm³/mol. The molecule has 1 saturated heterocycles. The number of alkyl halides is 3. The highest BCUT2D eigenvalue weighted by atomic mass is 19.4. The van der Waals surface area contributed by atoms with E-state index in [1.54, 1.807) is 6.07 Å². The minimum Gasteiger partial charge on any atom is -0.405 e. The van der Waals surface area contributed by atoms with Crippen molar-refractivity contribution in [2.24, 2.45) is 0 Å². The Bertz CT molecular complexity index is 998. The van der Waals surface area contributed by atoms with Crippen LogP contribution in [0.25, 0.3) is 22.8 Å². The molecular formula is C20H18F3N3O3. The van der Waals surface area contributed by atoms with Crippen LogP contribution in [0.1, 0.15) is 5.56 Å². The van der Waals surface area contributed by atoms with Crippen LogP contribution in [0, 0.1) is 6.92 Å². The zero-order valence-electron chi connectivity index (χ0n) is 15.6. The molecule has 0 radical (unpaired) electrons. The zero-order valence-corrected chi connectivity index (χ0v) is 15.6. The van der Waals surface area contributed by atoms with Crippen LogP contribution in [-0.2, 0) is 4.74 Å². The molecule has 0 aliphatic carbocycles. The fourth-order valence-corrected chi connectivity index (χ4v) is 3.26. The number of aryl methyl sites for hydroxylation is 1. The van der Waals surface area contributed by atoms with E-state index in [9.17, 15) is 13.2 Å². The van der Waals surface area contributed by atoms with Gasteiger partial charge in [0, 0.05) is 24.3 Å². The molecule has 29 heavy (non-hydrogen) atoms. The molecule has 2 aromatic carbocycles. The van der Waals surface area contributed by atoms with Crippen LogP contribution >= 0.6 is 0 Å². The Morgan fingerprint density at radius 2 is 1.83 bits per heavy atom. The van der Waals surface area contributed by atoms with Crippen molar-refractivity contribution in [2.75, 3.05) is 31.2 Å². The molecule has 0 N–H and O–H groups in total. The molecule has 1 fully saturated rings. The second kappa shape index (κ2) is 7.75. The third kappa shape index (κ3) is 4.34. The third-order valence-corrected chi connectivity index (χ3v) is 4.58. The van der Waals surface area contributed by atoms with Crippen molar-refractivity contribution in [1.82, 2.24) is 10.1 Å². The summed E-state index contributed by atoms with van der Waals surface area (Å²) in [7, 11) is 0. The van der Waals surface area contributed by atoms with Gasteiger partial charge in [0.1, 0.15) is 5.75 Å². The second-order valence-electron chi connectivity index (χ2n) is 6.57. The van der Waals surface area contributed by atoms with Crippen molar-refractivity contribution in [3.8, 4) is 28.6 Å². The SMILES string of the molecule is Cc1cc(-c2nc(-c3ccccc3OC(F)(F)F)no2)ccc1N1CCOCC1. The van der Waals surface area contributed by atoms with Gasteiger partial charge in [-0.15, -0.1) is 13.2 Å². The highest BCUT2D eigenvalue weighted by Crippen LogP contribution is 2.34. The second-order valence-corrected chi connectivity index (χ2v) is 6.57. The summed E-state index contributed by atoms with van der Waals surface area (Å²) in [6.07, 6.45) is -4.81. The number of benzene rings is 2. The van der Waals surface area contributed by atoms with E-state index >= 15 is 0 Å². The lowest BCUT2D eigenvalue weighted by molar-refractivity contribution is -0.274. The van der Waals surface area contributed by atoms with Crippen LogP contribution in [0.2, 0.25) is 0 Å². The van der Waals surface area contributed by atoms with Crippen LogP contribution < -0.4 is 9.64 Å². The third-order valence-electron chi connectivity index (χ3n) is 4.58. The van der Waals surface area contributed by atoms with Crippen molar-refractivity contribution < 1.29 is 27.2 Å². The molecule has 0 bridgehead atoms. The molecule has 0 saturated carbocycles. The molecule has 152 valence electrons. The van der Waals surface area contributed by atoms with Gasteiger partial charge in [-0.2, -0.15) is 4.98 Å². The number of morpholine rings is 1. The van der Waals surface area contributed by atoms with E-state index < -0.39 is 6.36 Å². The summed E-state index contributed by atoms with van der Waals surface area (Å²) in [5, 5.41) is 3.84. The van der Waals surface area contributed by atoms with Crippen molar-refractivity contribution in [1.29, 1.82) is 0 Å². The number of ether oxygens (including phenoxy) is 2. The number of hydrogen-bond acceptors (Lipinski definition) is 6. The normalized spacial score (nSPS) is 14.8. The van der Waals surface area contributed by atoms with Crippen LogP contribution in [0.5, 0.6) is 5.75 Å². The van der Waals surface area contributed by atoms with Gasteiger partial charge in [0.05, 0.1) is 18.8 Å². The van der Waals surface area contributed by atoms with Crippen LogP contribution in [0.15, 0.2) is 47.0 Å². The van der Waals surface area contributed by atoms with E-state index in [4.69, 9.17) is 9.26 Å². The Balaban J connectivity index is 1.61. The highest BCUT2D eigenvalue weighted by molar-refractivity contribution is 5.68. The summed E-state index contributed by atoms with van der Waals surface area (Å²) in [6.45, 7) is 5.00. The molecule has 0 spiro atoms. The largest absolute Gasteiger partial charge is 0.573 e. The van der Waals surface area contributed by atoms with Crippen LogP contribution in [0.3, 0.4) is 0 Å². The Labute approximate surface area is 164 Å². The summed E-state index contributed by atoms with van der Waals surface area (Å²) in [6, 6.07) is 11.4. The zero-order chi connectivity index (χ0) is 20.4. The van der Waals surface area contributed by atoms with Crippen LogP contribution in [0.4, 0.5) is 18.9 Å². The summed E-state index contributed by atoms with van der Waals surface area (Å²) in [5.41, 5.74) is 2.92. The number of nitrogens with zero attached hydrogens (tertiary/aromatic N) is 3. The highest BCUT2D eigenvalue weighted by Gasteiger charge is 2.32. The fraction of sp³-hybridized carbons (Fsp3) is 0.300. The summed E-state index contributed by atoms with van der Waals surface area (Å²) in [4.78, 5) is 6.51. The molecule has 2 heterocycles. The molecule has 1 aliphatic heterocycles. The Morgan fingerprint density at radius 1 is 1.07 bits per heavy atom. The monoisotopic (exact) mass is 405 g/mol. The molecule has 3 aromatic rings. The van der Waals surface area contributed by atoms with E-state index in [0.29, 0.717) is 18.8 Å². The summed E-state index contributed by atoms with van der Waals surface area (Å²) < 4.78 is 52.7. The molecule has 6 nitrogen and oxygen atoms in total. The maximum atomic E-state index is 12.6.